The smallest absolute Gasteiger partial charge is 0.406 e. The third-order valence-corrected chi connectivity index (χ3v) is 4.51. The number of nitrogens with zero attached hydrogens (tertiary/aromatic N) is 5. The molecule has 1 aromatic heterocycles. The van der Waals surface area contributed by atoms with E-state index >= 15 is 0 Å². The number of methoxy groups -OCH3 is 1. The van der Waals surface area contributed by atoms with Crippen LogP contribution in [-0.4, -0.2) is 52.7 Å². The maximum absolute atomic E-state index is 11.2. The summed E-state index contributed by atoms with van der Waals surface area (Å²) < 4.78 is 6.93. The van der Waals surface area contributed by atoms with Gasteiger partial charge in [0.25, 0.3) is 0 Å². The second kappa shape index (κ2) is 7.52. The molecule has 2 aromatic rings. The Balaban J connectivity index is 1.66. The fourth-order valence-corrected chi connectivity index (χ4v) is 3.23. The van der Waals surface area contributed by atoms with E-state index in [4.69, 9.17) is 4.74 Å². The summed E-state index contributed by atoms with van der Waals surface area (Å²) >= 11 is 0. The Morgan fingerprint density at radius 3 is 2.64 bits per heavy atom. The van der Waals surface area contributed by atoms with E-state index < -0.39 is 4.92 Å². The molecule has 134 valence electrons. The lowest BCUT2D eigenvalue weighted by Crippen LogP contribution is -2.31. The molecule has 1 saturated heterocycles. The van der Waals surface area contributed by atoms with E-state index in [2.05, 4.69) is 26.9 Å². The maximum Gasteiger partial charge on any atom is 0.406 e. The van der Waals surface area contributed by atoms with Crippen LogP contribution >= 0.6 is 0 Å². The van der Waals surface area contributed by atoms with Crippen molar-refractivity contribution >= 4 is 11.6 Å². The third-order valence-electron chi connectivity index (χ3n) is 4.51. The number of hydrogen-bond acceptors (Lipinski definition) is 6. The van der Waals surface area contributed by atoms with Gasteiger partial charge >= 0.3 is 5.82 Å². The van der Waals surface area contributed by atoms with Crippen molar-refractivity contribution < 1.29 is 9.66 Å². The summed E-state index contributed by atoms with van der Waals surface area (Å²) in [7, 11) is 3.46. The van der Waals surface area contributed by atoms with E-state index in [-0.39, 0.29) is 5.82 Å². The second-order valence-corrected chi connectivity index (χ2v) is 6.22. The first kappa shape index (κ1) is 17.2. The predicted molar refractivity (Wildman–Crippen MR) is 95.0 cm³/mol. The van der Waals surface area contributed by atoms with Gasteiger partial charge in [-0.2, -0.15) is 0 Å². The van der Waals surface area contributed by atoms with Crippen molar-refractivity contribution in [1.29, 1.82) is 0 Å². The highest BCUT2D eigenvalue weighted by Crippen LogP contribution is 2.27. The largest absolute Gasteiger partial charge is 0.497 e. The van der Waals surface area contributed by atoms with Crippen molar-refractivity contribution in [3.63, 3.8) is 0 Å². The lowest BCUT2D eigenvalue weighted by atomic mass is 10.2. The first-order valence-corrected chi connectivity index (χ1v) is 8.34. The molecule has 0 spiro atoms. The number of aryl methyl sites for hydroxylation is 1. The first-order valence-electron chi connectivity index (χ1n) is 8.34. The number of hydrogen-bond donors (Lipinski definition) is 0. The fraction of sp³-hybridized carbons (Fsp3) is 0.471. The Hall–Kier alpha value is -2.61. The molecule has 1 aromatic carbocycles. The van der Waals surface area contributed by atoms with Gasteiger partial charge < -0.3 is 19.8 Å². The van der Waals surface area contributed by atoms with Gasteiger partial charge in [-0.15, -0.1) is 0 Å². The molecule has 0 bridgehead atoms. The summed E-state index contributed by atoms with van der Waals surface area (Å²) in [6.07, 6.45) is 2.46. The second-order valence-electron chi connectivity index (χ2n) is 6.22. The van der Waals surface area contributed by atoms with E-state index in [1.165, 1.54) is 11.9 Å². The van der Waals surface area contributed by atoms with E-state index in [9.17, 15) is 10.1 Å². The standard InChI is InChI=1S/C17H23N5O3/c1-19-13-18-16(22(23)24)17(19)21-9-3-8-20(10-11-21)12-14-4-6-15(25-2)7-5-14/h4-7,13H,3,8-12H2,1-2H3. The molecule has 0 radical (unpaired) electrons. The Kier molecular flexibility index (Phi) is 5.18. The van der Waals surface area contributed by atoms with Gasteiger partial charge in [-0.3, -0.25) is 9.47 Å². The van der Waals surface area contributed by atoms with Crippen LogP contribution in [0.25, 0.3) is 0 Å². The van der Waals surface area contributed by atoms with Gasteiger partial charge in [-0.05, 0) is 34.0 Å². The van der Waals surface area contributed by atoms with Gasteiger partial charge in [0.15, 0.2) is 0 Å². The molecule has 25 heavy (non-hydrogen) atoms. The minimum Gasteiger partial charge on any atom is -0.497 e. The van der Waals surface area contributed by atoms with E-state index in [1.807, 2.05) is 12.1 Å². The van der Waals surface area contributed by atoms with Crippen LogP contribution in [0.15, 0.2) is 30.6 Å². The first-order chi connectivity index (χ1) is 12.1. The average molecular weight is 345 g/mol. The Morgan fingerprint density at radius 2 is 1.96 bits per heavy atom. The lowest BCUT2D eigenvalue weighted by Gasteiger charge is -2.23. The minimum atomic E-state index is -0.407. The molecular weight excluding hydrogens is 322 g/mol. The van der Waals surface area contributed by atoms with Gasteiger partial charge in [-0.1, -0.05) is 12.1 Å². The van der Waals surface area contributed by atoms with Crippen LogP contribution in [0, 0.1) is 10.1 Å². The van der Waals surface area contributed by atoms with Crippen LogP contribution < -0.4 is 9.64 Å². The topological polar surface area (TPSA) is 76.7 Å². The van der Waals surface area contributed by atoms with Gasteiger partial charge in [0.1, 0.15) is 5.75 Å². The molecule has 1 aliphatic rings. The van der Waals surface area contributed by atoms with E-state index in [0.717, 1.165) is 44.9 Å². The van der Waals surface area contributed by atoms with E-state index in [1.54, 1.807) is 18.7 Å². The van der Waals surface area contributed by atoms with Crippen LogP contribution in [-0.2, 0) is 13.6 Å². The summed E-state index contributed by atoms with van der Waals surface area (Å²) in [6.45, 7) is 4.23. The number of anilines is 1. The number of aromatic nitrogens is 2. The molecular formula is C17H23N5O3. The Labute approximate surface area is 146 Å². The highest BCUT2D eigenvalue weighted by atomic mass is 16.6. The zero-order valence-corrected chi connectivity index (χ0v) is 14.6. The van der Waals surface area contributed by atoms with Crippen molar-refractivity contribution in [2.45, 2.75) is 13.0 Å². The third kappa shape index (κ3) is 3.90. The molecule has 2 heterocycles. The predicted octanol–water partition coefficient (Wildman–Crippen LogP) is 2.05. The SMILES string of the molecule is COc1ccc(CN2CCCN(c3c([N+](=O)[O-])ncn3C)CC2)cc1. The lowest BCUT2D eigenvalue weighted by molar-refractivity contribution is -0.388. The van der Waals surface area contributed by atoms with Crippen molar-refractivity contribution in [3.8, 4) is 5.75 Å². The summed E-state index contributed by atoms with van der Waals surface area (Å²) in [5.74, 6) is 1.39. The number of rotatable bonds is 5. The zero-order chi connectivity index (χ0) is 17.8. The van der Waals surface area contributed by atoms with Crippen molar-refractivity contribution in [1.82, 2.24) is 14.5 Å². The highest BCUT2D eigenvalue weighted by Gasteiger charge is 2.27. The molecule has 1 aliphatic heterocycles. The number of nitro groups is 1. The van der Waals surface area contributed by atoms with Crippen LogP contribution in [0.1, 0.15) is 12.0 Å². The molecule has 0 atom stereocenters. The molecule has 0 N–H and O–H groups in total. The van der Waals surface area contributed by atoms with Crippen LogP contribution in [0.2, 0.25) is 0 Å². The van der Waals surface area contributed by atoms with Crippen molar-refractivity contribution in [2.24, 2.45) is 7.05 Å². The normalized spacial score (nSPS) is 15.8. The summed E-state index contributed by atoms with van der Waals surface area (Å²) in [4.78, 5) is 19.2. The summed E-state index contributed by atoms with van der Waals surface area (Å²) in [6, 6.07) is 8.10. The molecule has 0 aliphatic carbocycles. The molecule has 1 fully saturated rings. The zero-order valence-electron chi connectivity index (χ0n) is 14.6. The monoisotopic (exact) mass is 345 g/mol. The molecule has 8 nitrogen and oxygen atoms in total. The van der Waals surface area contributed by atoms with Crippen molar-refractivity contribution in [3.05, 3.63) is 46.3 Å². The average Bonchev–Trinajstić information content (AvgIpc) is 2.85. The Morgan fingerprint density at radius 1 is 1.20 bits per heavy atom. The molecule has 0 amide bonds. The quantitative estimate of drug-likeness (QED) is 0.610. The van der Waals surface area contributed by atoms with Crippen LogP contribution in [0.5, 0.6) is 5.75 Å². The molecule has 0 unspecified atom stereocenters. The number of imidazole rings is 1. The maximum atomic E-state index is 11.2. The van der Waals surface area contributed by atoms with Gasteiger partial charge in [0, 0.05) is 39.8 Å². The van der Waals surface area contributed by atoms with Gasteiger partial charge in [0.2, 0.25) is 12.1 Å². The van der Waals surface area contributed by atoms with Crippen LogP contribution in [0.3, 0.4) is 0 Å². The van der Waals surface area contributed by atoms with E-state index in [0.29, 0.717) is 5.82 Å². The van der Waals surface area contributed by atoms with Crippen molar-refractivity contribution in [2.75, 3.05) is 38.2 Å². The number of ether oxygens (including phenoxy) is 1. The summed E-state index contributed by atoms with van der Waals surface area (Å²) in [5, 5.41) is 11.2. The fourth-order valence-electron chi connectivity index (χ4n) is 3.23. The molecule has 0 saturated carbocycles. The van der Waals surface area contributed by atoms with Gasteiger partial charge in [-0.25, -0.2) is 0 Å². The molecule has 8 heteroatoms. The Bertz CT molecular complexity index is 728. The van der Waals surface area contributed by atoms with Gasteiger partial charge in [0.05, 0.1) is 7.11 Å². The minimum absolute atomic E-state index is 0.0638. The highest BCUT2D eigenvalue weighted by molar-refractivity contribution is 5.54. The van der Waals surface area contributed by atoms with Crippen LogP contribution in [0.4, 0.5) is 11.6 Å². The summed E-state index contributed by atoms with van der Waals surface area (Å²) in [5.41, 5.74) is 1.24. The number of benzene rings is 1. The molecule has 3 rings (SSSR count).